The van der Waals surface area contributed by atoms with Gasteiger partial charge in [-0.15, -0.1) is 0 Å². The van der Waals surface area contributed by atoms with Gasteiger partial charge in [-0.3, -0.25) is 9.59 Å². The van der Waals surface area contributed by atoms with Crippen molar-refractivity contribution in [1.82, 2.24) is 0 Å². The molecule has 0 aromatic heterocycles. The standard InChI is InChI=1S/2C3H8O3.2C3H6O2.C2H2O4/c2*4-1-3(6)2-5;2*1-2-3(4)5;3-1(4)2(5)6/h2*3-6H,1-2H2;2*2H2,1H3,(H,4,5);(H,3,4)(H,5,6). The Morgan fingerprint density at radius 3 is 0.714 bits per heavy atom. The molecule has 0 heterocycles. The molecule has 0 fully saturated rings. The van der Waals surface area contributed by atoms with Gasteiger partial charge in [0.2, 0.25) is 0 Å². The molecule has 28 heavy (non-hydrogen) atoms. The van der Waals surface area contributed by atoms with E-state index in [9.17, 15) is 9.59 Å². The first-order valence-electron chi connectivity index (χ1n) is 7.50. The van der Waals surface area contributed by atoms with E-state index in [4.69, 9.17) is 60.7 Å². The fourth-order valence-electron chi connectivity index (χ4n) is 0.115. The van der Waals surface area contributed by atoms with E-state index >= 15 is 0 Å². The average molecular weight is 422 g/mol. The van der Waals surface area contributed by atoms with Crippen LogP contribution in [-0.4, -0.2) is 114 Å². The Kier molecular flexibility index (Phi) is 38.4. The summed E-state index contributed by atoms with van der Waals surface area (Å²) >= 11 is 0. The highest BCUT2D eigenvalue weighted by molar-refractivity contribution is 6.27. The van der Waals surface area contributed by atoms with Crippen molar-refractivity contribution in [3.8, 4) is 0 Å². The smallest absolute Gasteiger partial charge is 0.414 e. The fraction of sp³-hybridized carbons (Fsp3) is 0.714. The van der Waals surface area contributed by atoms with Gasteiger partial charge in [-0.1, -0.05) is 13.8 Å². The third-order valence-corrected chi connectivity index (χ3v) is 1.63. The Labute approximate surface area is 160 Å². The molecule has 0 saturated heterocycles. The summed E-state index contributed by atoms with van der Waals surface area (Å²) in [4.78, 5) is 36.9. The topological polar surface area (TPSA) is 271 Å². The molecule has 0 bridgehead atoms. The first kappa shape index (κ1) is 36.5. The van der Waals surface area contributed by atoms with Crippen LogP contribution < -0.4 is 0 Å². The summed E-state index contributed by atoms with van der Waals surface area (Å²) in [7, 11) is 0. The third-order valence-electron chi connectivity index (χ3n) is 1.63. The molecule has 0 aliphatic heterocycles. The molecule has 0 aliphatic rings. The van der Waals surface area contributed by atoms with Crippen LogP contribution in [0.2, 0.25) is 0 Å². The van der Waals surface area contributed by atoms with Gasteiger partial charge in [0.1, 0.15) is 12.2 Å². The van der Waals surface area contributed by atoms with Crippen LogP contribution in [-0.2, 0) is 19.2 Å². The molecule has 14 nitrogen and oxygen atoms in total. The van der Waals surface area contributed by atoms with E-state index in [0.717, 1.165) is 0 Å². The van der Waals surface area contributed by atoms with E-state index in [-0.39, 0.29) is 39.3 Å². The number of aliphatic hydroxyl groups excluding tert-OH is 6. The molecule has 0 rings (SSSR count). The first-order valence-corrected chi connectivity index (χ1v) is 7.50. The predicted molar refractivity (Wildman–Crippen MR) is 91.5 cm³/mol. The second kappa shape index (κ2) is 29.4. The van der Waals surface area contributed by atoms with E-state index in [1.807, 2.05) is 0 Å². The van der Waals surface area contributed by atoms with Crippen molar-refractivity contribution in [2.24, 2.45) is 0 Å². The van der Waals surface area contributed by atoms with Gasteiger partial charge in [0.05, 0.1) is 26.4 Å². The molecule has 0 aromatic rings. The van der Waals surface area contributed by atoms with E-state index in [1.54, 1.807) is 13.8 Å². The van der Waals surface area contributed by atoms with Gasteiger partial charge >= 0.3 is 23.9 Å². The largest absolute Gasteiger partial charge is 0.481 e. The van der Waals surface area contributed by atoms with Crippen molar-refractivity contribution in [2.75, 3.05) is 26.4 Å². The van der Waals surface area contributed by atoms with Crippen molar-refractivity contribution in [2.45, 2.75) is 38.9 Å². The monoisotopic (exact) mass is 422 g/mol. The predicted octanol–water partition coefficient (Wildman–Crippen LogP) is -3.22. The molecule has 170 valence electrons. The maximum absolute atomic E-state index is 9.37. The molecule has 0 atom stereocenters. The average Bonchev–Trinajstić information content (AvgIpc) is 2.68. The molecule has 0 amide bonds. The van der Waals surface area contributed by atoms with E-state index in [1.165, 1.54) is 0 Å². The lowest BCUT2D eigenvalue weighted by atomic mass is 10.4. The molecule has 0 unspecified atom stereocenters. The van der Waals surface area contributed by atoms with Crippen LogP contribution in [0.25, 0.3) is 0 Å². The zero-order valence-corrected chi connectivity index (χ0v) is 15.5. The third kappa shape index (κ3) is 65.1. The van der Waals surface area contributed by atoms with E-state index in [0.29, 0.717) is 0 Å². The summed E-state index contributed by atoms with van der Waals surface area (Å²) < 4.78 is 0. The first-order chi connectivity index (χ1) is 12.8. The summed E-state index contributed by atoms with van der Waals surface area (Å²) in [5.41, 5.74) is 0. The Hall–Kier alpha value is -2.36. The van der Waals surface area contributed by atoms with Gasteiger partial charge in [-0.2, -0.15) is 0 Å². The van der Waals surface area contributed by atoms with Crippen molar-refractivity contribution < 1.29 is 70.2 Å². The summed E-state index contributed by atoms with van der Waals surface area (Å²) in [6.45, 7) is 1.74. The molecule has 10 N–H and O–H groups in total. The van der Waals surface area contributed by atoms with Crippen LogP contribution in [0.3, 0.4) is 0 Å². The van der Waals surface area contributed by atoms with E-state index in [2.05, 4.69) is 0 Å². The lowest BCUT2D eigenvalue weighted by Crippen LogP contribution is -2.15. The highest BCUT2D eigenvalue weighted by Crippen LogP contribution is 1.72. The summed E-state index contributed by atoms with van der Waals surface area (Å²) in [5.74, 6) is -5.14. The minimum Gasteiger partial charge on any atom is -0.481 e. The second-order valence-corrected chi connectivity index (χ2v) is 4.14. The number of carboxylic acids is 4. The maximum Gasteiger partial charge on any atom is 0.414 e. The number of hydrogen-bond donors (Lipinski definition) is 10. The zero-order chi connectivity index (χ0) is 23.7. The van der Waals surface area contributed by atoms with Crippen LogP contribution in [0.5, 0.6) is 0 Å². The van der Waals surface area contributed by atoms with Crippen LogP contribution in [0.15, 0.2) is 0 Å². The zero-order valence-electron chi connectivity index (χ0n) is 15.5. The van der Waals surface area contributed by atoms with Gasteiger partial charge in [0.25, 0.3) is 0 Å². The highest BCUT2D eigenvalue weighted by Gasteiger charge is 2.04. The molecule has 0 spiro atoms. The number of carboxylic acid groups (broad SMARTS) is 4. The Morgan fingerprint density at radius 1 is 0.571 bits per heavy atom. The van der Waals surface area contributed by atoms with Crippen LogP contribution in [0.1, 0.15) is 26.7 Å². The summed E-state index contributed by atoms with van der Waals surface area (Å²) in [6.07, 6.45) is -1.46. The van der Waals surface area contributed by atoms with Crippen molar-refractivity contribution in [3.63, 3.8) is 0 Å². The minimum absolute atomic E-state index is 0.222. The van der Waals surface area contributed by atoms with Gasteiger partial charge in [0, 0.05) is 12.8 Å². The number of rotatable bonds is 6. The Bertz CT molecular complexity index is 340. The molecule has 0 saturated carbocycles. The molecule has 0 aromatic carbocycles. The number of aliphatic hydroxyl groups is 6. The highest BCUT2D eigenvalue weighted by atomic mass is 16.4. The SMILES string of the molecule is CCC(=O)O.CCC(=O)O.O=C(O)C(=O)O.OCC(O)CO.OCC(O)CO. The Balaban J connectivity index is -0.0000000789. The van der Waals surface area contributed by atoms with Gasteiger partial charge in [0.15, 0.2) is 0 Å². The summed E-state index contributed by atoms with van der Waals surface area (Å²) in [5, 5.41) is 78.3. The molecule has 0 aliphatic carbocycles. The second-order valence-electron chi connectivity index (χ2n) is 4.14. The van der Waals surface area contributed by atoms with Crippen molar-refractivity contribution in [1.29, 1.82) is 0 Å². The van der Waals surface area contributed by atoms with Crippen molar-refractivity contribution >= 4 is 23.9 Å². The quantitative estimate of drug-likeness (QED) is 0.189. The molecular formula is C14H30O14. The number of hydrogen-bond acceptors (Lipinski definition) is 10. The van der Waals surface area contributed by atoms with Gasteiger partial charge in [-0.05, 0) is 0 Å². The van der Waals surface area contributed by atoms with Crippen LogP contribution in [0.4, 0.5) is 0 Å². The lowest BCUT2D eigenvalue weighted by Gasteiger charge is -1.96. The fourth-order valence-corrected chi connectivity index (χ4v) is 0.115. The summed E-state index contributed by atoms with van der Waals surface area (Å²) in [6, 6.07) is 0. The molecule has 14 heteroatoms. The van der Waals surface area contributed by atoms with Gasteiger partial charge < -0.3 is 51.1 Å². The maximum atomic E-state index is 9.37. The van der Waals surface area contributed by atoms with Crippen molar-refractivity contribution in [3.05, 3.63) is 0 Å². The molecular weight excluding hydrogens is 392 g/mol. The number of carbonyl (C=O) groups is 4. The lowest BCUT2D eigenvalue weighted by molar-refractivity contribution is -0.159. The minimum atomic E-state index is -1.82. The van der Waals surface area contributed by atoms with Gasteiger partial charge in [-0.25, -0.2) is 9.59 Å². The van der Waals surface area contributed by atoms with Crippen LogP contribution in [0, 0.1) is 0 Å². The number of aliphatic carboxylic acids is 4. The molecule has 0 radical (unpaired) electrons. The van der Waals surface area contributed by atoms with E-state index < -0.39 is 36.1 Å². The normalized spacial score (nSPS) is 8.50. The van der Waals surface area contributed by atoms with Crippen LogP contribution >= 0.6 is 0 Å². The Morgan fingerprint density at radius 2 is 0.714 bits per heavy atom.